The van der Waals surface area contributed by atoms with E-state index in [4.69, 9.17) is 5.73 Å². The zero-order valence-corrected chi connectivity index (χ0v) is 28.1. The molecule has 6 rings (SSSR count). The van der Waals surface area contributed by atoms with Crippen LogP contribution in [0.2, 0.25) is 0 Å². The van der Waals surface area contributed by atoms with Crippen LogP contribution in [0.3, 0.4) is 0 Å². The first kappa shape index (κ1) is 34.1. The molecule has 0 spiro atoms. The molecule has 0 radical (unpaired) electrons. The molecule has 4 aromatic rings. The van der Waals surface area contributed by atoms with Crippen molar-refractivity contribution >= 4 is 23.4 Å². The normalized spacial score (nSPS) is 18.7. The summed E-state index contributed by atoms with van der Waals surface area (Å²) < 4.78 is 0. The van der Waals surface area contributed by atoms with Gasteiger partial charge >= 0.3 is 0 Å². The number of imidazole rings is 1. The van der Waals surface area contributed by atoms with E-state index in [9.17, 15) is 14.4 Å². The van der Waals surface area contributed by atoms with E-state index in [0.29, 0.717) is 30.1 Å². The molecule has 0 unspecified atom stereocenters. The minimum Gasteiger partial charge on any atom is -0.351 e. The maximum absolute atomic E-state index is 13.7. The fraction of sp³-hybridized carbons (Fsp3) is 0.385. The number of nitrogens with zero attached hydrogens (tertiary/aromatic N) is 1. The van der Waals surface area contributed by atoms with Gasteiger partial charge in [-0.25, -0.2) is 4.98 Å². The number of carbonyl (C=O) groups is 3. The predicted molar refractivity (Wildman–Crippen MR) is 193 cm³/mol. The summed E-state index contributed by atoms with van der Waals surface area (Å²) in [6, 6.07) is 20.8. The van der Waals surface area contributed by atoms with E-state index in [-0.39, 0.29) is 29.7 Å². The zero-order valence-electron chi connectivity index (χ0n) is 28.1. The molecule has 3 aromatic carbocycles. The first-order valence-electron chi connectivity index (χ1n) is 17.5. The van der Waals surface area contributed by atoms with Crippen LogP contribution in [0.1, 0.15) is 60.0 Å². The molecule has 1 saturated carbocycles. The highest BCUT2D eigenvalue weighted by Crippen LogP contribution is 2.29. The fourth-order valence-electron chi connectivity index (χ4n) is 6.95. The Labute approximate surface area is 288 Å². The summed E-state index contributed by atoms with van der Waals surface area (Å²) in [6.07, 6.45) is 9.09. The molecule has 1 saturated heterocycles. The van der Waals surface area contributed by atoms with E-state index in [2.05, 4.69) is 31.2 Å². The smallest absolute Gasteiger partial charge is 0.251 e. The van der Waals surface area contributed by atoms with Crippen LogP contribution in [0, 0.1) is 18.8 Å². The van der Waals surface area contributed by atoms with Crippen LogP contribution in [-0.2, 0) is 16.0 Å². The molecular weight excluding hydrogens is 614 g/mol. The van der Waals surface area contributed by atoms with Crippen molar-refractivity contribution in [3.63, 3.8) is 0 Å². The Morgan fingerprint density at radius 1 is 0.898 bits per heavy atom. The van der Waals surface area contributed by atoms with E-state index in [1.807, 2.05) is 79.9 Å². The molecule has 10 heteroatoms. The fourth-order valence-corrected chi connectivity index (χ4v) is 6.95. The van der Waals surface area contributed by atoms with Crippen LogP contribution in [0.4, 0.5) is 5.69 Å². The van der Waals surface area contributed by atoms with Crippen molar-refractivity contribution in [3.8, 4) is 22.4 Å². The van der Waals surface area contributed by atoms with Gasteiger partial charge in [-0.1, -0.05) is 42.5 Å². The summed E-state index contributed by atoms with van der Waals surface area (Å²) in [7, 11) is 0. The number of aromatic nitrogens is 2. The number of rotatable bonds is 11. The second-order valence-corrected chi connectivity index (χ2v) is 13.5. The standard InChI is InChI=1S/C39H47N7O3/c1-25-20-31(38(48)44-33-16-18-41-19-17-33)12-15-34(25)28-6-2-26(3-7-28)21-35(46-37(47)30-8-4-27(22-40)5-9-30)39(49)45-32-13-10-29(11-14-32)36-23-42-24-43-36/h2-3,6-7,10-15,20,23-24,27,30,33,35,41H,4-5,8-9,16-19,21-22,40H2,1H3,(H,42,43)(H,44,48)(H,45,49)(H,46,47)/t27-,30-,35-/m0/s1. The van der Waals surface area contributed by atoms with Gasteiger partial charge in [-0.05, 0) is 118 Å². The molecule has 1 aromatic heterocycles. The predicted octanol–water partition coefficient (Wildman–Crippen LogP) is 4.97. The van der Waals surface area contributed by atoms with Crippen LogP contribution >= 0.6 is 0 Å². The Balaban J connectivity index is 1.14. The molecule has 1 aliphatic carbocycles. The number of anilines is 1. The summed E-state index contributed by atoms with van der Waals surface area (Å²) in [4.78, 5) is 47.3. The second kappa shape index (κ2) is 16.1. The third-order valence-corrected chi connectivity index (χ3v) is 10.00. The number of hydrogen-bond acceptors (Lipinski definition) is 6. The lowest BCUT2D eigenvalue weighted by Crippen LogP contribution is -2.48. The Bertz CT molecular complexity index is 1710. The summed E-state index contributed by atoms with van der Waals surface area (Å²) in [5.41, 5.74) is 12.9. The lowest BCUT2D eigenvalue weighted by molar-refractivity contribution is -0.130. The van der Waals surface area contributed by atoms with E-state index >= 15 is 0 Å². The first-order valence-corrected chi connectivity index (χ1v) is 17.5. The van der Waals surface area contributed by atoms with Gasteiger partial charge in [-0.3, -0.25) is 14.4 Å². The van der Waals surface area contributed by atoms with Crippen LogP contribution in [0.5, 0.6) is 0 Å². The van der Waals surface area contributed by atoms with Gasteiger partial charge in [0.15, 0.2) is 0 Å². The zero-order chi connectivity index (χ0) is 34.2. The second-order valence-electron chi connectivity index (χ2n) is 13.5. The number of amides is 3. The number of nitrogens with two attached hydrogens (primary N) is 1. The molecule has 2 fully saturated rings. The number of hydrogen-bond donors (Lipinski definition) is 6. The molecule has 10 nitrogen and oxygen atoms in total. The van der Waals surface area contributed by atoms with Gasteiger partial charge in [0.05, 0.1) is 12.0 Å². The highest BCUT2D eigenvalue weighted by molar-refractivity contribution is 5.98. The van der Waals surface area contributed by atoms with E-state index in [1.54, 1.807) is 6.33 Å². The van der Waals surface area contributed by atoms with Gasteiger partial charge in [-0.15, -0.1) is 0 Å². The molecule has 2 aliphatic rings. The molecular formula is C39H47N7O3. The molecule has 1 aliphatic heterocycles. The van der Waals surface area contributed by atoms with Crippen molar-refractivity contribution in [2.24, 2.45) is 17.6 Å². The van der Waals surface area contributed by atoms with Crippen LogP contribution in [-0.4, -0.2) is 59.4 Å². The quantitative estimate of drug-likeness (QED) is 0.134. The number of carbonyl (C=O) groups excluding carboxylic acids is 3. The van der Waals surface area contributed by atoms with Crippen molar-refractivity contribution in [1.29, 1.82) is 0 Å². The molecule has 1 atom stereocenters. The minimum absolute atomic E-state index is 0.0377. The van der Waals surface area contributed by atoms with Crippen molar-refractivity contribution in [1.82, 2.24) is 25.9 Å². The van der Waals surface area contributed by atoms with Gasteiger partial charge < -0.3 is 32.0 Å². The molecule has 256 valence electrons. The van der Waals surface area contributed by atoms with Gasteiger partial charge in [-0.2, -0.15) is 0 Å². The number of aromatic amines is 1. The number of benzene rings is 3. The van der Waals surface area contributed by atoms with Crippen LogP contribution in [0.15, 0.2) is 79.3 Å². The van der Waals surface area contributed by atoms with Crippen molar-refractivity contribution in [2.75, 3.05) is 25.0 Å². The third-order valence-electron chi connectivity index (χ3n) is 10.00. The van der Waals surface area contributed by atoms with Gasteiger partial charge in [0, 0.05) is 41.4 Å². The van der Waals surface area contributed by atoms with E-state index in [0.717, 1.165) is 85.1 Å². The molecule has 7 N–H and O–H groups in total. The Hall–Kier alpha value is -4.80. The Morgan fingerprint density at radius 3 is 2.27 bits per heavy atom. The Kier molecular flexibility index (Phi) is 11.2. The van der Waals surface area contributed by atoms with Crippen LogP contribution in [0.25, 0.3) is 22.4 Å². The highest BCUT2D eigenvalue weighted by Gasteiger charge is 2.29. The van der Waals surface area contributed by atoms with Gasteiger partial charge in [0.25, 0.3) is 5.91 Å². The lowest BCUT2D eigenvalue weighted by Gasteiger charge is -2.28. The monoisotopic (exact) mass is 661 g/mol. The lowest BCUT2D eigenvalue weighted by atomic mass is 9.81. The number of nitrogens with one attached hydrogen (secondary N) is 5. The number of piperidine rings is 1. The molecule has 49 heavy (non-hydrogen) atoms. The number of H-pyrrole nitrogens is 1. The summed E-state index contributed by atoms with van der Waals surface area (Å²) >= 11 is 0. The molecule has 3 amide bonds. The van der Waals surface area contributed by atoms with Crippen molar-refractivity contribution in [3.05, 3.63) is 95.9 Å². The maximum atomic E-state index is 13.7. The summed E-state index contributed by atoms with van der Waals surface area (Å²) in [5.74, 6) is -0.0520. The molecule has 0 bridgehead atoms. The van der Waals surface area contributed by atoms with Crippen molar-refractivity contribution < 1.29 is 14.4 Å². The SMILES string of the molecule is Cc1cc(C(=O)NC2CCNCC2)ccc1-c1ccc(C[C@H](NC(=O)[C@H]2CC[C@H](CN)CC2)C(=O)Nc2ccc(-c3c[nH]cn3)cc2)cc1. The van der Waals surface area contributed by atoms with E-state index in [1.165, 1.54) is 0 Å². The Morgan fingerprint density at radius 2 is 1.61 bits per heavy atom. The topological polar surface area (TPSA) is 154 Å². The largest absolute Gasteiger partial charge is 0.351 e. The highest BCUT2D eigenvalue weighted by atomic mass is 16.2. The summed E-state index contributed by atoms with van der Waals surface area (Å²) in [6.45, 7) is 4.51. The average Bonchev–Trinajstić information content (AvgIpc) is 3.68. The third kappa shape index (κ3) is 8.82. The van der Waals surface area contributed by atoms with Crippen molar-refractivity contribution in [2.45, 2.75) is 64.0 Å². The number of aryl methyl sites for hydroxylation is 1. The van der Waals surface area contributed by atoms with Gasteiger partial charge in [0.2, 0.25) is 11.8 Å². The average molecular weight is 662 g/mol. The minimum atomic E-state index is -0.754. The molecule has 2 heterocycles. The van der Waals surface area contributed by atoms with E-state index < -0.39 is 6.04 Å². The van der Waals surface area contributed by atoms with Gasteiger partial charge in [0.1, 0.15) is 6.04 Å². The van der Waals surface area contributed by atoms with Crippen LogP contribution < -0.4 is 27.0 Å². The maximum Gasteiger partial charge on any atom is 0.251 e. The first-order chi connectivity index (χ1) is 23.9. The summed E-state index contributed by atoms with van der Waals surface area (Å²) in [5, 5.41) is 12.6.